The van der Waals surface area contributed by atoms with Gasteiger partial charge in [-0.1, -0.05) is 5.16 Å². The summed E-state index contributed by atoms with van der Waals surface area (Å²) >= 11 is 0. The van der Waals surface area contributed by atoms with Gasteiger partial charge in [0.15, 0.2) is 11.5 Å². The van der Waals surface area contributed by atoms with E-state index in [1.807, 2.05) is 6.07 Å². The predicted molar refractivity (Wildman–Crippen MR) is 94.7 cm³/mol. The Hall–Kier alpha value is -3.95. The third-order valence-corrected chi connectivity index (χ3v) is 4.18. The van der Waals surface area contributed by atoms with Gasteiger partial charge in [0, 0.05) is 23.9 Å². The molecule has 0 bridgehead atoms. The van der Waals surface area contributed by atoms with Crippen LogP contribution in [0.3, 0.4) is 0 Å². The third-order valence-electron chi connectivity index (χ3n) is 4.18. The van der Waals surface area contributed by atoms with Crippen LogP contribution in [0.2, 0.25) is 0 Å². The molecule has 5 rings (SSSR count). The van der Waals surface area contributed by atoms with Gasteiger partial charge in [0.2, 0.25) is 5.56 Å². The van der Waals surface area contributed by atoms with E-state index in [1.54, 1.807) is 12.3 Å². The Balaban J connectivity index is 1.39. The van der Waals surface area contributed by atoms with E-state index in [0.29, 0.717) is 46.9 Å². The molecule has 0 amide bonds. The quantitative estimate of drug-likeness (QED) is 0.490. The number of nitrogens with zero attached hydrogens (tertiary/aromatic N) is 6. The lowest BCUT2D eigenvalue weighted by Crippen LogP contribution is -2.06. The van der Waals surface area contributed by atoms with Crippen molar-refractivity contribution < 1.29 is 4.52 Å². The fourth-order valence-corrected chi connectivity index (χ4v) is 2.89. The first-order valence-electron chi connectivity index (χ1n) is 8.21. The van der Waals surface area contributed by atoms with E-state index in [4.69, 9.17) is 4.52 Å². The largest absolute Gasteiger partial charge is 0.361 e. The minimum absolute atomic E-state index is 0.192. The predicted octanol–water partition coefficient (Wildman–Crippen LogP) is 1.42. The van der Waals surface area contributed by atoms with Crippen molar-refractivity contribution in [2.75, 3.05) is 0 Å². The average Bonchev–Trinajstić information content (AvgIpc) is 3.32. The van der Waals surface area contributed by atoms with Crippen molar-refractivity contribution in [3.05, 3.63) is 58.9 Å². The van der Waals surface area contributed by atoms with Gasteiger partial charge in [0.25, 0.3) is 0 Å². The van der Waals surface area contributed by atoms with Crippen LogP contribution in [-0.4, -0.2) is 40.0 Å². The Labute approximate surface area is 150 Å². The second-order valence-corrected chi connectivity index (χ2v) is 5.93. The Kier molecular flexibility index (Phi) is 3.46. The number of rotatable bonds is 4. The molecule has 5 aromatic rings. The molecule has 5 heterocycles. The molecule has 10 heteroatoms. The number of pyridine rings is 1. The average molecular weight is 360 g/mol. The van der Waals surface area contributed by atoms with Crippen molar-refractivity contribution in [2.45, 2.75) is 12.8 Å². The molecule has 132 valence electrons. The fraction of sp³-hybridized carbons (Fsp3) is 0.118. The van der Waals surface area contributed by atoms with Gasteiger partial charge in [-0.25, -0.2) is 24.9 Å². The summed E-state index contributed by atoms with van der Waals surface area (Å²) in [4.78, 5) is 38.1. The van der Waals surface area contributed by atoms with Crippen LogP contribution in [0.1, 0.15) is 11.5 Å². The van der Waals surface area contributed by atoms with Gasteiger partial charge in [0.05, 0.1) is 11.9 Å². The maximum absolute atomic E-state index is 11.4. The number of hydrogen-bond acceptors (Lipinski definition) is 8. The van der Waals surface area contributed by atoms with Crippen molar-refractivity contribution in [3.8, 4) is 11.5 Å². The van der Waals surface area contributed by atoms with E-state index in [-0.39, 0.29) is 5.56 Å². The van der Waals surface area contributed by atoms with Crippen LogP contribution < -0.4 is 5.56 Å². The maximum atomic E-state index is 11.4. The molecular weight excluding hydrogens is 348 g/mol. The number of aromatic nitrogens is 8. The molecule has 0 aliphatic rings. The molecule has 0 saturated heterocycles. The van der Waals surface area contributed by atoms with Crippen molar-refractivity contribution in [2.24, 2.45) is 0 Å². The van der Waals surface area contributed by atoms with Gasteiger partial charge >= 0.3 is 0 Å². The van der Waals surface area contributed by atoms with Crippen LogP contribution in [-0.2, 0) is 12.8 Å². The van der Waals surface area contributed by atoms with Gasteiger partial charge in [0.1, 0.15) is 35.3 Å². The molecule has 5 aromatic heterocycles. The molecular formula is C17H12N8O2. The first kappa shape index (κ1) is 15.3. The highest BCUT2D eigenvalue weighted by molar-refractivity contribution is 5.76. The number of imidazole rings is 1. The zero-order valence-corrected chi connectivity index (χ0v) is 13.9. The van der Waals surface area contributed by atoms with E-state index >= 15 is 0 Å². The van der Waals surface area contributed by atoms with Gasteiger partial charge in [-0.15, -0.1) is 0 Å². The normalized spacial score (nSPS) is 11.4. The first-order chi connectivity index (χ1) is 13.3. The molecule has 0 unspecified atom stereocenters. The zero-order valence-electron chi connectivity index (χ0n) is 13.9. The Morgan fingerprint density at radius 3 is 2.85 bits per heavy atom. The van der Waals surface area contributed by atoms with Crippen LogP contribution in [0.15, 0.2) is 46.4 Å². The fourth-order valence-electron chi connectivity index (χ4n) is 2.89. The summed E-state index contributed by atoms with van der Waals surface area (Å²) in [6.07, 6.45) is 5.74. The third kappa shape index (κ3) is 2.82. The molecule has 0 saturated carbocycles. The van der Waals surface area contributed by atoms with Gasteiger partial charge in [-0.2, -0.15) is 0 Å². The van der Waals surface area contributed by atoms with Crippen molar-refractivity contribution in [1.82, 2.24) is 40.0 Å². The Morgan fingerprint density at radius 1 is 1.00 bits per heavy atom. The standard InChI is InChI=1S/C17H12N8O2/c26-14-4-2-10-11(19-8-21-15(10)23-14)3-1-9-5-12(25-27-9)17-22-13-6-18-7-20-16(13)24-17/h2,4-8H,1,3H2,(H,18,20,22,24)(H,19,21,23,26). The van der Waals surface area contributed by atoms with E-state index < -0.39 is 0 Å². The van der Waals surface area contributed by atoms with Crippen molar-refractivity contribution in [3.63, 3.8) is 0 Å². The van der Waals surface area contributed by atoms with E-state index in [1.165, 1.54) is 18.7 Å². The Bertz CT molecular complexity index is 1290. The summed E-state index contributed by atoms with van der Waals surface area (Å²) < 4.78 is 5.42. The topological polar surface area (TPSA) is 139 Å². The highest BCUT2D eigenvalue weighted by Gasteiger charge is 2.13. The van der Waals surface area contributed by atoms with Crippen molar-refractivity contribution >= 4 is 22.2 Å². The number of aromatic amines is 2. The lowest BCUT2D eigenvalue weighted by molar-refractivity contribution is 0.384. The summed E-state index contributed by atoms with van der Waals surface area (Å²) in [7, 11) is 0. The van der Waals surface area contributed by atoms with E-state index in [9.17, 15) is 4.79 Å². The lowest BCUT2D eigenvalue weighted by atomic mass is 10.1. The summed E-state index contributed by atoms with van der Waals surface area (Å²) in [5.74, 6) is 1.28. The number of H-pyrrole nitrogens is 2. The summed E-state index contributed by atoms with van der Waals surface area (Å²) in [6, 6.07) is 5.02. The molecule has 10 nitrogen and oxygen atoms in total. The molecule has 0 aliphatic heterocycles. The molecule has 0 fully saturated rings. The highest BCUT2D eigenvalue weighted by Crippen LogP contribution is 2.20. The first-order valence-corrected chi connectivity index (χ1v) is 8.21. The molecule has 0 atom stereocenters. The van der Waals surface area contributed by atoms with Crippen LogP contribution >= 0.6 is 0 Å². The number of fused-ring (bicyclic) bond motifs is 2. The second-order valence-electron chi connectivity index (χ2n) is 5.93. The van der Waals surface area contributed by atoms with Gasteiger partial charge in [-0.3, -0.25) is 4.79 Å². The minimum atomic E-state index is -0.192. The SMILES string of the molecule is O=c1ccc2c(CCc3cc(-c4nc5cncnc5[nH]4)no3)ncnc2[nH]1. The summed E-state index contributed by atoms with van der Waals surface area (Å²) in [5, 5.41) is 4.88. The molecule has 2 N–H and O–H groups in total. The summed E-state index contributed by atoms with van der Waals surface area (Å²) in [6.45, 7) is 0. The Morgan fingerprint density at radius 2 is 1.93 bits per heavy atom. The molecule has 0 radical (unpaired) electrons. The number of hydrogen-bond donors (Lipinski definition) is 2. The number of aryl methyl sites for hydroxylation is 2. The molecule has 0 spiro atoms. The monoisotopic (exact) mass is 360 g/mol. The van der Waals surface area contributed by atoms with Crippen molar-refractivity contribution in [1.29, 1.82) is 0 Å². The van der Waals surface area contributed by atoms with E-state index in [2.05, 4.69) is 40.0 Å². The van der Waals surface area contributed by atoms with Crippen LogP contribution in [0.5, 0.6) is 0 Å². The smallest absolute Gasteiger partial charge is 0.249 e. The maximum Gasteiger partial charge on any atom is 0.249 e. The summed E-state index contributed by atoms with van der Waals surface area (Å²) in [5.41, 5.74) is 3.06. The van der Waals surface area contributed by atoms with Crippen LogP contribution in [0, 0.1) is 0 Å². The van der Waals surface area contributed by atoms with Gasteiger partial charge in [-0.05, 0) is 12.5 Å². The lowest BCUT2D eigenvalue weighted by Gasteiger charge is -2.02. The zero-order chi connectivity index (χ0) is 18.2. The van der Waals surface area contributed by atoms with Crippen LogP contribution in [0.25, 0.3) is 33.7 Å². The van der Waals surface area contributed by atoms with E-state index in [0.717, 1.165) is 11.1 Å². The minimum Gasteiger partial charge on any atom is -0.361 e. The molecule has 27 heavy (non-hydrogen) atoms. The highest BCUT2D eigenvalue weighted by atomic mass is 16.5. The van der Waals surface area contributed by atoms with Gasteiger partial charge < -0.3 is 14.5 Å². The molecule has 0 aromatic carbocycles. The second kappa shape index (κ2) is 6.09. The molecule has 0 aliphatic carbocycles. The van der Waals surface area contributed by atoms with Crippen LogP contribution in [0.4, 0.5) is 0 Å². The number of nitrogens with one attached hydrogen (secondary N) is 2.